The van der Waals surface area contributed by atoms with E-state index in [2.05, 4.69) is 53.9 Å². The number of hydrogen-bond donors (Lipinski definition) is 0. The summed E-state index contributed by atoms with van der Waals surface area (Å²) >= 11 is 0. The van der Waals surface area contributed by atoms with E-state index in [4.69, 9.17) is 4.74 Å². The second kappa shape index (κ2) is 5.53. The first-order chi connectivity index (χ1) is 10.1. The largest absolute Gasteiger partial charge is 0.497 e. The summed E-state index contributed by atoms with van der Waals surface area (Å²) in [6.45, 7) is 6.55. The van der Waals surface area contributed by atoms with Crippen LogP contribution in [0.5, 0.6) is 5.75 Å². The molecular formula is C17H23N3O. The maximum absolute atomic E-state index is 5.37. The minimum absolute atomic E-state index is 0.524. The van der Waals surface area contributed by atoms with Crippen LogP contribution in [0.3, 0.4) is 0 Å². The second-order valence-electron chi connectivity index (χ2n) is 5.99. The molecule has 0 amide bonds. The van der Waals surface area contributed by atoms with Crippen LogP contribution >= 0.6 is 0 Å². The Morgan fingerprint density at radius 3 is 2.52 bits per heavy atom. The van der Waals surface area contributed by atoms with Crippen molar-refractivity contribution in [3.8, 4) is 5.75 Å². The van der Waals surface area contributed by atoms with Gasteiger partial charge in [0.15, 0.2) is 0 Å². The van der Waals surface area contributed by atoms with Gasteiger partial charge in [0.2, 0.25) is 0 Å². The normalized spacial score (nSPS) is 23.5. The molecule has 0 N–H and O–H groups in total. The number of methoxy groups -OCH3 is 1. The number of rotatable bonds is 2. The molecule has 0 aliphatic carbocycles. The fraction of sp³-hybridized carbons (Fsp3) is 0.471. The van der Waals surface area contributed by atoms with Gasteiger partial charge in [0.1, 0.15) is 11.6 Å². The fourth-order valence-electron chi connectivity index (χ4n) is 3.09. The van der Waals surface area contributed by atoms with Gasteiger partial charge in [-0.3, -0.25) is 4.90 Å². The van der Waals surface area contributed by atoms with Crippen molar-refractivity contribution in [3.63, 3.8) is 0 Å². The molecule has 2 aromatic rings. The van der Waals surface area contributed by atoms with Crippen LogP contribution in [0, 0.1) is 0 Å². The highest BCUT2D eigenvalue weighted by Gasteiger charge is 2.27. The Morgan fingerprint density at radius 2 is 1.86 bits per heavy atom. The zero-order valence-electron chi connectivity index (χ0n) is 13.2. The van der Waals surface area contributed by atoms with E-state index in [9.17, 15) is 0 Å². The topological polar surface area (TPSA) is 28.6 Å². The molecular weight excluding hydrogens is 262 g/mol. The van der Waals surface area contributed by atoms with Crippen molar-refractivity contribution < 1.29 is 4.74 Å². The van der Waals surface area contributed by atoms with E-state index in [0.717, 1.165) is 24.7 Å². The lowest BCUT2D eigenvalue weighted by Crippen LogP contribution is -2.55. The molecule has 1 aromatic heterocycles. The van der Waals surface area contributed by atoms with Crippen LogP contribution in [0.1, 0.15) is 13.8 Å². The molecule has 21 heavy (non-hydrogen) atoms. The SMILES string of the molecule is COc1ccc2ccnc(N3CC(C)N(C)C(C)C3)c2c1. The summed E-state index contributed by atoms with van der Waals surface area (Å²) < 4.78 is 5.37. The maximum atomic E-state index is 5.37. The summed E-state index contributed by atoms with van der Waals surface area (Å²) in [6, 6.07) is 9.30. The van der Waals surface area contributed by atoms with Gasteiger partial charge in [0, 0.05) is 36.8 Å². The van der Waals surface area contributed by atoms with Gasteiger partial charge in [-0.1, -0.05) is 6.07 Å². The molecule has 4 nitrogen and oxygen atoms in total. The Morgan fingerprint density at radius 1 is 1.14 bits per heavy atom. The van der Waals surface area contributed by atoms with Gasteiger partial charge in [-0.25, -0.2) is 4.98 Å². The van der Waals surface area contributed by atoms with Gasteiger partial charge in [0.25, 0.3) is 0 Å². The predicted octanol–water partition coefficient (Wildman–Crippen LogP) is 2.77. The zero-order chi connectivity index (χ0) is 15.0. The minimum Gasteiger partial charge on any atom is -0.497 e. The van der Waals surface area contributed by atoms with E-state index in [0.29, 0.717) is 12.1 Å². The van der Waals surface area contributed by atoms with E-state index in [1.807, 2.05) is 12.3 Å². The first-order valence-electron chi connectivity index (χ1n) is 7.50. The van der Waals surface area contributed by atoms with E-state index < -0.39 is 0 Å². The molecule has 112 valence electrons. The van der Waals surface area contributed by atoms with Crippen LogP contribution in [0.2, 0.25) is 0 Å². The van der Waals surface area contributed by atoms with Crippen molar-refractivity contribution in [2.75, 3.05) is 32.1 Å². The summed E-state index contributed by atoms with van der Waals surface area (Å²) in [5.41, 5.74) is 0. The first-order valence-corrected chi connectivity index (χ1v) is 7.50. The Kier molecular flexibility index (Phi) is 3.72. The summed E-state index contributed by atoms with van der Waals surface area (Å²) in [6.07, 6.45) is 1.90. The number of pyridine rings is 1. The zero-order valence-corrected chi connectivity index (χ0v) is 13.2. The lowest BCUT2D eigenvalue weighted by molar-refractivity contribution is 0.170. The van der Waals surface area contributed by atoms with Gasteiger partial charge in [0.05, 0.1) is 7.11 Å². The molecule has 0 saturated carbocycles. The van der Waals surface area contributed by atoms with Crippen molar-refractivity contribution in [2.45, 2.75) is 25.9 Å². The monoisotopic (exact) mass is 285 g/mol. The van der Waals surface area contributed by atoms with Gasteiger partial charge in [-0.15, -0.1) is 0 Å². The third kappa shape index (κ3) is 2.56. The quantitative estimate of drug-likeness (QED) is 0.848. The molecule has 0 spiro atoms. The fourth-order valence-corrected chi connectivity index (χ4v) is 3.09. The molecule has 1 fully saturated rings. The number of piperazine rings is 1. The van der Waals surface area contributed by atoms with Crippen LogP contribution < -0.4 is 9.64 Å². The molecule has 1 aliphatic rings. The number of fused-ring (bicyclic) bond motifs is 1. The third-order valence-electron chi connectivity index (χ3n) is 4.61. The van der Waals surface area contributed by atoms with Crippen LogP contribution in [-0.2, 0) is 0 Å². The van der Waals surface area contributed by atoms with Gasteiger partial charge >= 0.3 is 0 Å². The first kappa shape index (κ1) is 14.1. The number of aromatic nitrogens is 1. The standard InChI is InChI=1S/C17H23N3O/c1-12-10-20(11-13(2)19(12)3)17-16-9-15(21-4)6-5-14(16)7-8-18-17/h5-9,12-13H,10-11H2,1-4H3. The summed E-state index contributed by atoms with van der Waals surface area (Å²) in [7, 11) is 3.91. The molecule has 2 atom stereocenters. The Hall–Kier alpha value is -1.81. The maximum Gasteiger partial charge on any atom is 0.136 e. The van der Waals surface area contributed by atoms with E-state index in [1.54, 1.807) is 7.11 Å². The molecule has 0 radical (unpaired) electrons. The van der Waals surface area contributed by atoms with Crippen LogP contribution in [-0.4, -0.2) is 49.2 Å². The number of hydrogen-bond acceptors (Lipinski definition) is 4. The van der Waals surface area contributed by atoms with E-state index in [-0.39, 0.29) is 0 Å². The van der Waals surface area contributed by atoms with Gasteiger partial charge < -0.3 is 9.64 Å². The number of anilines is 1. The van der Waals surface area contributed by atoms with Crippen molar-refractivity contribution in [1.82, 2.24) is 9.88 Å². The summed E-state index contributed by atoms with van der Waals surface area (Å²) in [5, 5.41) is 2.38. The van der Waals surface area contributed by atoms with Crippen LogP contribution in [0.4, 0.5) is 5.82 Å². The van der Waals surface area contributed by atoms with E-state index >= 15 is 0 Å². The van der Waals surface area contributed by atoms with Gasteiger partial charge in [-0.2, -0.15) is 0 Å². The van der Waals surface area contributed by atoms with Crippen LogP contribution in [0.15, 0.2) is 30.5 Å². The molecule has 0 bridgehead atoms. The number of likely N-dealkylation sites (N-methyl/N-ethyl adjacent to an activating group) is 1. The van der Waals surface area contributed by atoms with Crippen molar-refractivity contribution in [2.24, 2.45) is 0 Å². The van der Waals surface area contributed by atoms with Crippen LogP contribution in [0.25, 0.3) is 10.8 Å². The van der Waals surface area contributed by atoms with Crippen molar-refractivity contribution >= 4 is 16.6 Å². The molecule has 3 rings (SSSR count). The molecule has 1 aliphatic heterocycles. The Balaban J connectivity index is 2.03. The molecule has 2 unspecified atom stereocenters. The highest BCUT2D eigenvalue weighted by Crippen LogP contribution is 2.30. The van der Waals surface area contributed by atoms with Crippen molar-refractivity contribution in [1.29, 1.82) is 0 Å². The number of ether oxygens (including phenoxy) is 1. The third-order valence-corrected chi connectivity index (χ3v) is 4.61. The lowest BCUT2D eigenvalue weighted by Gasteiger charge is -2.43. The van der Waals surface area contributed by atoms with Gasteiger partial charge in [-0.05, 0) is 44.5 Å². The molecule has 1 aromatic carbocycles. The molecule has 2 heterocycles. The summed E-state index contributed by atoms with van der Waals surface area (Å²) in [4.78, 5) is 9.48. The van der Waals surface area contributed by atoms with Crippen molar-refractivity contribution in [3.05, 3.63) is 30.5 Å². The smallest absolute Gasteiger partial charge is 0.136 e. The highest BCUT2D eigenvalue weighted by atomic mass is 16.5. The Bertz CT molecular complexity index is 631. The predicted molar refractivity (Wildman–Crippen MR) is 87.2 cm³/mol. The highest BCUT2D eigenvalue weighted by molar-refractivity contribution is 5.93. The summed E-state index contributed by atoms with van der Waals surface area (Å²) in [5.74, 6) is 1.95. The minimum atomic E-state index is 0.524. The Labute approximate surface area is 126 Å². The average Bonchev–Trinajstić information content (AvgIpc) is 2.51. The number of nitrogens with zero attached hydrogens (tertiary/aromatic N) is 3. The molecule has 1 saturated heterocycles. The average molecular weight is 285 g/mol. The number of benzene rings is 1. The lowest BCUT2D eigenvalue weighted by atomic mass is 10.1. The molecule has 4 heteroatoms. The van der Waals surface area contributed by atoms with E-state index in [1.165, 1.54) is 10.8 Å². The second-order valence-corrected chi connectivity index (χ2v) is 5.99.